The SMILES string of the molecule is Cc1ccccc1Cn1c(C(F)(F)F)nc2cccnc21. The van der Waals surface area contributed by atoms with E-state index in [1.807, 2.05) is 31.2 Å². The summed E-state index contributed by atoms with van der Waals surface area (Å²) < 4.78 is 40.7. The van der Waals surface area contributed by atoms with E-state index in [-0.39, 0.29) is 17.7 Å². The third-order valence-corrected chi connectivity index (χ3v) is 3.35. The first kappa shape index (κ1) is 13.6. The number of aryl methyl sites for hydroxylation is 1. The fourth-order valence-electron chi connectivity index (χ4n) is 2.28. The van der Waals surface area contributed by atoms with Crippen LogP contribution in [0, 0.1) is 6.92 Å². The van der Waals surface area contributed by atoms with Crippen LogP contribution in [0.3, 0.4) is 0 Å². The molecule has 0 amide bonds. The van der Waals surface area contributed by atoms with Gasteiger partial charge in [-0.15, -0.1) is 0 Å². The molecule has 3 aromatic rings. The molecule has 0 N–H and O–H groups in total. The average Bonchev–Trinajstić information content (AvgIpc) is 2.80. The summed E-state index contributed by atoms with van der Waals surface area (Å²) in [6.07, 6.45) is -3.04. The molecular weight excluding hydrogens is 279 g/mol. The van der Waals surface area contributed by atoms with Gasteiger partial charge in [-0.05, 0) is 30.2 Å². The molecule has 108 valence electrons. The Morgan fingerprint density at radius 2 is 1.86 bits per heavy atom. The second kappa shape index (κ2) is 4.87. The van der Waals surface area contributed by atoms with Gasteiger partial charge in [-0.2, -0.15) is 13.2 Å². The van der Waals surface area contributed by atoms with Gasteiger partial charge < -0.3 is 4.57 Å². The molecule has 2 aromatic heterocycles. The summed E-state index contributed by atoms with van der Waals surface area (Å²) in [5.74, 6) is -0.917. The Morgan fingerprint density at radius 1 is 1.10 bits per heavy atom. The molecule has 0 unspecified atom stereocenters. The van der Waals surface area contributed by atoms with Crippen molar-refractivity contribution in [3.63, 3.8) is 0 Å². The van der Waals surface area contributed by atoms with E-state index in [1.54, 1.807) is 6.07 Å². The number of aromatic nitrogens is 3. The van der Waals surface area contributed by atoms with Crippen molar-refractivity contribution in [1.29, 1.82) is 0 Å². The zero-order valence-electron chi connectivity index (χ0n) is 11.2. The number of hydrogen-bond acceptors (Lipinski definition) is 2. The summed E-state index contributed by atoms with van der Waals surface area (Å²) in [5, 5.41) is 0. The minimum absolute atomic E-state index is 0.0923. The van der Waals surface area contributed by atoms with Gasteiger partial charge in [-0.3, -0.25) is 0 Å². The quantitative estimate of drug-likeness (QED) is 0.719. The highest BCUT2D eigenvalue weighted by molar-refractivity contribution is 5.71. The van der Waals surface area contributed by atoms with Gasteiger partial charge in [0.2, 0.25) is 5.82 Å². The smallest absolute Gasteiger partial charge is 0.301 e. The molecule has 0 saturated carbocycles. The van der Waals surface area contributed by atoms with Gasteiger partial charge in [0.1, 0.15) is 5.52 Å². The molecule has 0 atom stereocenters. The van der Waals surface area contributed by atoms with Crippen LogP contribution in [0.2, 0.25) is 0 Å². The predicted octanol–water partition coefficient (Wildman–Crippen LogP) is 3.81. The van der Waals surface area contributed by atoms with Gasteiger partial charge >= 0.3 is 6.18 Å². The van der Waals surface area contributed by atoms with E-state index in [0.717, 1.165) is 15.7 Å². The highest BCUT2D eigenvalue weighted by Gasteiger charge is 2.37. The molecule has 0 saturated heterocycles. The largest absolute Gasteiger partial charge is 0.449 e. The highest BCUT2D eigenvalue weighted by atomic mass is 19.4. The molecule has 3 nitrogen and oxygen atoms in total. The summed E-state index contributed by atoms with van der Waals surface area (Å²) in [6.45, 7) is 1.96. The molecule has 0 bridgehead atoms. The maximum absolute atomic E-state index is 13.2. The number of nitrogens with zero attached hydrogens (tertiary/aromatic N) is 3. The van der Waals surface area contributed by atoms with Crippen LogP contribution in [-0.4, -0.2) is 14.5 Å². The van der Waals surface area contributed by atoms with E-state index in [2.05, 4.69) is 9.97 Å². The second-order valence-electron chi connectivity index (χ2n) is 4.79. The lowest BCUT2D eigenvalue weighted by atomic mass is 10.1. The van der Waals surface area contributed by atoms with Crippen LogP contribution in [-0.2, 0) is 12.7 Å². The van der Waals surface area contributed by atoms with Crippen LogP contribution >= 0.6 is 0 Å². The van der Waals surface area contributed by atoms with E-state index in [9.17, 15) is 13.2 Å². The summed E-state index contributed by atoms with van der Waals surface area (Å²) >= 11 is 0. The first-order valence-electron chi connectivity index (χ1n) is 6.40. The number of imidazole rings is 1. The van der Waals surface area contributed by atoms with Crippen molar-refractivity contribution in [2.75, 3.05) is 0 Å². The molecule has 0 aliphatic carbocycles. The number of hydrogen-bond donors (Lipinski definition) is 0. The summed E-state index contributed by atoms with van der Waals surface area (Å²) in [6, 6.07) is 10.5. The van der Waals surface area contributed by atoms with E-state index in [0.29, 0.717) is 0 Å². The normalized spacial score (nSPS) is 12.0. The molecule has 2 heterocycles. The molecular formula is C15H12F3N3. The third-order valence-electron chi connectivity index (χ3n) is 3.35. The molecule has 0 aliphatic rings. The lowest BCUT2D eigenvalue weighted by Gasteiger charge is -2.12. The first-order chi connectivity index (χ1) is 9.97. The zero-order chi connectivity index (χ0) is 15.0. The first-order valence-corrected chi connectivity index (χ1v) is 6.40. The Bertz CT molecular complexity index is 790. The van der Waals surface area contributed by atoms with E-state index < -0.39 is 12.0 Å². The predicted molar refractivity (Wildman–Crippen MR) is 72.8 cm³/mol. The Labute approximate surface area is 119 Å². The van der Waals surface area contributed by atoms with Gasteiger partial charge in [0, 0.05) is 6.20 Å². The fraction of sp³-hybridized carbons (Fsp3) is 0.200. The van der Waals surface area contributed by atoms with E-state index >= 15 is 0 Å². The Hall–Kier alpha value is -2.37. The van der Waals surface area contributed by atoms with Crippen molar-refractivity contribution >= 4 is 11.2 Å². The van der Waals surface area contributed by atoms with Gasteiger partial charge in [-0.1, -0.05) is 24.3 Å². The van der Waals surface area contributed by atoms with Crippen molar-refractivity contribution in [2.24, 2.45) is 0 Å². The number of benzene rings is 1. The summed E-state index contributed by atoms with van der Waals surface area (Å²) in [7, 11) is 0. The maximum atomic E-state index is 13.2. The lowest BCUT2D eigenvalue weighted by Crippen LogP contribution is -2.16. The molecule has 1 aromatic carbocycles. The minimum Gasteiger partial charge on any atom is -0.301 e. The molecule has 6 heteroatoms. The van der Waals surface area contributed by atoms with Crippen molar-refractivity contribution in [3.8, 4) is 0 Å². The van der Waals surface area contributed by atoms with Crippen LogP contribution in [0.1, 0.15) is 17.0 Å². The zero-order valence-corrected chi connectivity index (χ0v) is 11.2. The van der Waals surface area contributed by atoms with Crippen LogP contribution in [0.25, 0.3) is 11.2 Å². The van der Waals surface area contributed by atoms with Crippen molar-refractivity contribution in [1.82, 2.24) is 14.5 Å². The number of rotatable bonds is 2. The third kappa shape index (κ3) is 2.49. The van der Waals surface area contributed by atoms with Crippen molar-refractivity contribution in [3.05, 3.63) is 59.5 Å². The van der Waals surface area contributed by atoms with Gasteiger partial charge in [-0.25, -0.2) is 9.97 Å². The van der Waals surface area contributed by atoms with Crippen LogP contribution < -0.4 is 0 Å². The number of pyridine rings is 1. The molecule has 0 aliphatic heterocycles. The van der Waals surface area contributed by atoms with Crippen LogP contribution in [0.4, 0.5) is 13.2 Å². The number of alkyl halides is 3. The standard InChI is InChI=1S/C15H12F3N3/c1-10-5-2-3-6-11(10)9-21-13-12(7-4-8-19-13)20-14(21)15(16,17)18/h2-8H,9H2,1H3. The Balaban J connectivity index is 2.18. The minimum atomic E-state index is -4.51. The van der Waals surface area contributed by atoms with Crippen LogP contribution in [0.5, 0.6) is 0 Å². The summed E-state index contributed by atoms with van der Waals surface area (Å²) in [5.41, 5.74) is 2.24. The highest BCUT2D eigenvalue weighted by Crippen LogP contribution is 2.31. The molecule has 21 heavy (non-hydrogen) atoms. The van der Waals surface area contributed by atoms with Gasteiger partial charge in [0.15, 0.2) is 5.65 Å². The monoisotopic (exact) mass is 291 g/mol. The topological polar surface area (TPSA) is 30.7 Å². The lowest BCUT2D eigenvalue weighted by molar-refractivity contribution is -0.146. The maximum Gasteiger partial charge on any atom is 0.449 e. The molecule has 0 radical (unpaired) electrons. The van der Waals surface area contributed by atoms with Crippen molar-refractivity contribution in [2.45, 2.75) is 19.6 Å². The van der Waals surface area contributed by atoms with Gasteiger partial charge in [0.05, 0.1) is 6.54 Å². The Kier molecular flexibility index (Phi) is 3.16. The van der Waals surface area contributed by atoms with Crippen LogP contribution in [0.15, 0.2) is 42.6 Å². The van der Waals surface area contributed by atoms with E-state index in [1.165, 1.54) is 12.3 Å². The molecule has 3 rings (SSSR count). The number of fused-ring (bicyclic) bond motifs is 1. The number of halogens is 3. The molecule has 0 fully saturated rings. The van der Waals surface area contributed by atoms with Gasteiger partial charge in [0.25, 0.3) is 0 Å². The fourth-order valence-corrected chi connectivity index (χ4v) is 2.28. The average molecular weight is 291 g/mol. The second-order valence-corrected chi connectivity index (χ2v) is 4.79. The molecule has 0 spiro atoms. The Morgan fingerprint density at radius 3 is 2.57 bits per heavy atom. The summed E-state index contributed by atoms with van der Waals surface area (Å²) in [4.78, 5) is 7.73. The van der Waals surface area contributed by atoms with E-state index in [4.69, 9.17) is 0 Å². The van der Waals surface area contributed by atoms with Crippen molar-refractivity contribution < 1.29 is 13.2 Å².